The van der Waals surface area contributed by atoms with E-state index in [1.807, 2.05) is 38.1 Å². The van der Waals surface area contributed by atoms with Gasteiger partial charge in [0.2, 0.25) is 0 Å². The molecule has 0 aliphatic rings. The van der Waals surface area contributed by atoms with Crippen LogP contribution in [0, 0.1) is 3.57 Å². The lowest BCUT2D eigenvalue weighted by atomic mass is 10.2. The van der Waals surface area contributed by atoms with Crippen LogP contribution in [-0.4, -0.2) is 16.1 Å². The molecule has 0 fully saturated rings. The van der Waals surface area contributed by atoms with E-state index in [4.69, 9.17) is 16.3 Å². The van der Waals surface area contributed by atoms with Crippen LogP contribution in [0.15, 0.2) is 24.3 Å². The minimum atomic E-state index is 0.163. The maximum absolute atomic E-state index is 6.22. The van der Waals surface area contributed by atoms with Gasteiger partial charge in [-0.1, -0.05) is 24.9 Å². The van der Waals surface area contributed by atoms with Crippen molar-refractivity contribution in [2.24, 2.45) is 0 Å². The summed E-state index contributed by atoms with van der Waals surface area (Å²) in [5.74, 6) is 1.51. The molecule has 2 rings (SSSR count). The van der Waals surface area contributed by atoms with Gasteiger partial charge in [-0.25, -0.2) is 9.97 Å². The lowest BCUT2D eigenvalue weighted by Crippen LogP contribution is -2.05. The van der Waals surface area contributed by atoms with Crippen molar-refractivity contribution in [2.45, 2.75) is 39.7 Å². The molecule has 112 valence electrons. The number of benzene rings is 1. The van der Waals surface area contributed by atoms with E-state index in [2.05, 4.69) is 39.5 Å². The van der Waals surface area contributed by atoms with E-state index >= 15 is 0 Å². The zero-order valence-electron chi connectivity index (χ0n) is 12.4. The zero-order chi connectivity index (χ0) is 15.4. The number of halogens is 2. The molecule has 0 saturated heterocycles. The Hall–Kier alpha value is -0.880. The molecule has 0 saturated carbocycles. The van der Waals surface area contributed by atoms with E-state index in [-0.39, 0.29) is 6.10 Å². The molecule has 2 aromatic rings. The van der Waals surface area contributed by atoms with E-state index in [0.717, 1.165) is 33.4 Å². The molecule has 21 heavy (non-hydrogen) atoms. The number of rotatable bonds is 5. The Morgan fingerprint density at radius 2 is 1.86 bits per heavy atom. The third-order valence-electron chi connectivity index (χ3n) is 2.85. The fourth-order valence-electron chi connectivity index (χ4n) is 1.95. The number of hydrogen-bond acceptors (Lipinski definition) is 3. The summed E-state index contributed by atoms with van der Waals surface area (Å²) >= 11 is 8.43. The monoisotopic (exact) mass is 416 g/mol. The van der Waals surface area contributed by atoms with Crippen molar-refractivity contribution in [1.29, 1.82) is 0 Å². The highest BCUT2D eigenvalue weighted by Crippen LogP contribution is 2.26. The first kappa shape index (κ1) is 16.5. The van der Waals surface area contributed by atoms with Crippen LogP contribution in [0.1, 0.15) is 32.9 Å². The molecular weight excluding hydrogens is 399 g/mol. The molecular formula is C16H18ClIN2O. The van der Waals surface area contributed by atoms with Gasteiger partial charge in [0.25, 0.3) is 0 Å². The fourth-order valence-corrected chi connectivity index (χ4v) is 2.65. The number of nitrogens with zero attached hydrogens (tertiary/aromatic N) is 2. The first-order valence-corrected chi connectivity index (χ1v) is 8.46. The average Bonchev–Trinajstić information content (AvgIpc) is 2.44. The van der Waals surface area contributed by atoms with Crippen molar-refractivity contribution in [3.05, 3.63) is 38.7 Å². The Balaban J connectivity index is 2.33. The minimum Gasteiger partial charge on any atom is -0.491 e. The van der Waals surface area contributed by atoms with E-state index < -0.39 is 0 Å². The Bertz CT molecular complexity index is 614. The molecule has 0 aliphatic heterocycles. The van der Waals surface area contributed by atoms with E-state index in [1.165, 1.54) is 0 Å². The van der Waals surface area contributed by atoms with E-state index in [1.54, 1.807) is 0 Å². The predicted molar refractivity (Wildman–Crippen MR) is 95.0 cm³/mol. The summed E-state index contributed by atoms with van der Waals surface area (Å²) in [6, 6.07) is 7.80. The van der Waals surface area contributed by atoms with Gasteiger partial charge in [0.15, 0.2) is 5.82 Å². The average molecular weight is 417 g/mol. The normalized spacial score (nSPS) is 11.0. The third-order valence-corrected chi connectivity index (χ3v) is 4.58. The Kier molecular flexibility index (Phi) is 5.81. The number of aromatic nitrogens is 2. The molecule has 0 amide bonds. The van der Waals surface area contributed by atoms with E-state index in [0.29, 0.717) is 11.0 Å². The lowest BCUT2D eigenvalue weighted by Gasteiger charge is -2.11. The second-order valence-electron chi connectivity index (χ2n) is 5.04. The van der Waals surface area contributed by atoms with Crippen LogP contribution in [0.2, 0.25) is 5.15 Å². The molecule has 5 heteroatoms. The fraction of sp³-hybridized carbons (Fsp3) is 0.375. The molecule has 1 heterocycles. The maximum Gasteiger partial charge on any atom is 0.161 e. The van der Waals surface area contributed by atoms with Crippen LogP contribution >= 0.6 is 34.2 Å². The largest absolute Gasteiger partial charge is 0.491 e. The SMILES string of the molecule is CCCc1nc(-c2ccc(OC(C)C)cc2)nc(Cl)c1I. The first-order valence-electron chi connectivity index (χ1n) is 7.00. The molecule has 3 nitrogen and oxygen atoms in total. The zero-order valence-corrected chi connectivity index (χ0v) is 15.3. The molecule has 0 unspecified atom stereocenters. The molecule has 0 bridgehead atoms. The van der Waals surface area contributed by atoms with Gasteiger partial charge < -0.3 is 4.74 Å². The highest BCUT2D eigenvalue weighted by Gasteiger charge is 2.11. The van der Waals surface area contributed by atoms with Crippen LogP contribution in [0.5, 0.6) is 5.75 Å². The summed E-state index contributed by atoms with van der Waals surface area (Å²) in [5.41, 5.74) is 1.96. The molecule has 1 aromatic heterocycles. The summed E-state index contributed by atoms with van der Waals surface area (Å²) in [6.07, 6.45) is 2.10. The highest BCUT2D eigenvalue weighted by molar-refractivity contribution is 14.1. The second-order valence-corrected chi connectivity index (χ2v) is 6.48. The van der Waals surface area contributed by atoms with Crippen molar-refractivity contribution < 1.29 is 4.74 Å². The van der Waals surface area contributed by atoms with Crippen molar-refractivity contribution in [3.63, 3.8) is 0 Å². The summed E-state index contributed by atoms with van der Waals surface area (Å²) in [4.78, 5) is 9.02. The highest BCUT2D eigenvalue weighted by atomic mass is 127. The topological polar surface area (TPSA) is 35.0 Å². The molecule has 0 spiro atoms. The molecule has 0 N–H and O–H groups in total. The maximum atomic E-state index is 6.22. The van der Waals surface area contributed by atoms with Crippen molar-refractivity contribution >= 4 is 34.2 Å². The lowest BCUT2D eigenvalue weighted by molar-refractivity contribution is 0.242. The van der Waals surface area contributed by atoms with Gasteiger partial charge in [0.1, 0.15) is 10.9 Å². The van der Waals surface area contributed by atoms with Gasteiger partial charge in [-0.3, -0.25) is 0 Å². The minimum absolute atomic E-state index is 0.163. The summed E-state index contributed by atoms with van der Waals surface area (Å²) in [7, 11) is 0. The molecule has 0 aliphatic carbocycles. The van der Waals surface area contributed by atoms with Gasteiger partial charge in [0.05, 0.1) is 15.4 Å². The Morgan fingerprint density at radius 1 is 1.19 bits per heavy atom. The number of hydrogen-bond donors (Lipinski definition) is 0. The van der Waals surface area contributed by atoms with Crippen molar-refractivity contribution in [3.8, 4) is 17.1 Å². The molecule has 1 aromatic carbocycles. The summed E-state index contributed by atoms with van der Waals surface area (Å²) < 4.78 is 6.59. The van der Waals surface area contributed by atoms with Crippen molar-refractivity contribution in [1.82, 2.24) is 9.97 Å². The molecule has 0 radical (unpaired) electrons. The summed E-state index contributed by atoms with van der Waals surface area (Å²) in [6.45, 7) is 6.14. The predicted octanol–water partition coefficient (Wildman–Crippen LogP) is 5.14. The van der Waals surface area contributed by atoms with Crippen molar-refractivity contribution in [2.75, 3.05) is 0 Å². The quantitative estimate of drug-likeness (QED) is 0.500. The van der Waals surface area contributed by atoms with E-state index in [9.17, 15) is 0 Å². The van der Waals surface area contributed by atoms with Gasteiger partial charge in [-0.15, -0.1) is 0 Å². The van der Waals surface area contributed by atoms with Crippen LogP contribution in [0.4, 0.5) is 0 Å². The van der Waals surface area contributed by atoms with Gasteiger partial charge in [-0.05, 0) is 67.1 Å². The van der Waals surface area contributed by atoms with Gasteiger partial charge >= 0.3 is 0 Å². The number of aryl methyl sites for hydroxylation is 1. The Labute approximate surface area is 144 Å². The van der Waals surface area contributed by atoms with Crippen LogP contribution in [0.25, 0.3) is 11.4 Å². The van der Waals surface area contributed by atoms with Gasteiger partial charge in [-0.2, -0.15) is 0 Å². The van der Waals surface area contributed by atoms with Crippen LogP contribution < -0.4 is 4.74 Å². The third kappa shape index (κ3) is 4.30. The smallest absolute Gasteiger partial charge is 0.161 e. The second kappa shape index (κ2) is 7.40. The number of ether oxygens (including phenoxy) is 1. The Morgan fingerprint density at radius 3 is 2.43 bits per heavy atom. The van der Waals surface area contributed by atoms with Crippen LogP contribution in [0.3, 0.4) is 0 Å². The first-order chi connectivity index (χ1) is 10.0. The summed E-state index contributed by atoms with van der Waals surface area (Å²) in [5, 5.41) is 0.520. The van der Waals surface area contributed by atoms with Crippen LogP contribution in [-0.2, 0) is 6.42 Å². The standard InChI is InChI=1S/C16H18ClIN2O/c1-4-5-13-14(18)15(17)20-16(19-13)11-6-8-12(9-7-11)21-10(2)3/h6-10H,4-5H2,1-3H3. The van der Waals surface area contributed by atoms with Gasteiger partial charge in [0, 0.05) is 5.56 Å². The molecule has 0 atom stereocenters.